The van der Waals surface area contributed by atoms with Gasteiger partial charge in [0.25, 0.3) is 5.91 Å². The highest BCUT2D eigenvalue weighted by atomic mass is 16.4. The maximum atomic E-state index is 11.7. The van der Waals surface area contributed by atoms with E-state index in [4.69, 9.17) is 10.9 Å². The lowest BCUT2D eigenvalue weighted by Gasteiger charge is -2.23. The minimum absolute atomic E-state index is 0.0928. The van der Waals surface area contributed by atoms with Gasteiger partial charge in [-0.15, -0.1) is 0 Å². The van der Waals surface area contributed by atoms with Crippen molar-refractivity contribution in [2.75, 3.05) is 0 Å². The number of nitrogens with one attached hydrogen (secondary N) is 1. The molecule has 0 fully saturated rings. The molecule has 0 unspecified atom stereocenters. The number of carbonyl (C=O) groups is 1. The average molecular weight is 223 g/mol. The summed E-state index contributed by atoms with van der Waals surface area (Å²) in [6.07, 6.45) is 4.20. The largest absolute Gasteiger partial charge is 0.409 e. The van der Waals surface area contributed by atoms with Gasteiger partial charge in [0.1, 0.15) is 5.69 Å². The van der Waals surface area contributed by atoms with Gasteiger partial charge in [-0.3, -0.25) is 9.78 Å². The Balaban J connectivity index is 2.80. The number of nitrogens with zero attached hydrogens (tertiary/aromatic N) is 3. The molecule has 1 rings (SSSR count). The third-order valence-corrected chi connectivity index (χ3v) is 1.97. The van der Waals surface area contributed by atoms with Crippen LogP contribution in [0.2, 0.25) is 0 Å². The second kappa shape index (κ2) is 4.56. The first-order valence-corrected chi connectivity index (χ1v) is 4.54. The van der Waals surface area contributed by atoms with Crippen molar-refractivity contribution in [3.05, 3.63) is 24.3 Å². The Bertz CT molecular complexity index is 402. The highest BCUT2D eigenvalue weighted by molar-refractivity contribution is 5.98. The summed E-state index contributed by atoms with van der Waals surface area (Å²) >= 11 is 0. The third kappa shape index (κ3) is 2.66. The molecule has 0 atom stereocenters. The van der Waals surface area contributed by atoms with Crippen molar-refractivity contribution < 1.29 is 10.0 Å². The number of hydrogen-bond acceptors (Lipinski definition) is 5. The summed E-state index contributed by atoms with van der Waals surface area (Å²) in [5.74, 6) is -0.533. The second-order valence-electron chi connectivity index (χ2n) is 3.66. The first-order chi connectivity index (χ1) is 7.47. The number of amides is 1. The van der Waals surface area contributed by atoms with E-state index in [2.05, 4.69) is 20.4 Å². The van der Waals surface area contributed by atoms with E-state index in [-0.39, 0.29) is 11.5 Å². The molecule has 7 nitrogen and oxygen atoms in total. The Morgan fingerprint density at radius 2 is 2.25 bits per heavy atom. The van der Waals surface area contributed by atoms with Gasteiger partial charge in [-0.1, -0.05) is 5.16 Å². The van der Waals surface area contributed by atoms with Crippen molar-refractivity contribution in [1.82, 2.24) is 15.3 Å². The molecule has 16 heavy (non-hydrogen) atoms. The van der Waals surface area contributed by atoms with Crippen LogP contribution < -0.4 is 11.1 Å². The highest BCUT2D eigenvalue weighted by Crippen LogP contribution is 2.03. The van der Waals surface area contributed by atoms with Gasteiger partial charge >= 0.3 is 0 Å². The fourth-order valence-electron chi connectivity index (χ4n) is 0.953. The van der Waals surface area contributed by atoms with Gasteiger partial charge in [0.2, 0.25) is 0 Å². The predicted molar refractivity (Wildman–Crippen MR) is 57.0 cm³/mol. The van der Waals surface area contributed by atoms with Crippen molar-refractivity contribution in [3.63, 3.8) is 0 Å². The molecule has 0 aliphatic carbocycles. The minimum Gasteiger partial charge on any atom is -0.409 e. The topological polar surface area (TPSA) is 113 Å². The quantitative estimate of drug-likeness (QED) is 0.282. The van der Waals surface area contributed by atoms with Crippen LogP contribution in [0.5, 0.6) is 0 Å². The van der Waals surface area contributed by atoms with E-state index in [0.717, 1.165) is 0 Å². The molecule has 0 aliphatic heterocycles. The van der Waals surface area contributed by atoms with Crippen LogP contribution in [-0.4, -0.2) is 32.5 Å². The second-order valence-corrected chi connectivity index (χ2v) is 3.66. The normalized spacial score (nSPS) is 12.2. The van der Waals surface area contributed by atoms with Crippen LogP contribution in [-0.2, 0) is 0 Å². The van der Waals surface area contributed by atoms with Gasteiger partial charge in [0.15, 0.2) is 5.84 Å². The van der Waals surface area contributed by atoms with E-state index >= 15 is 0 Å². The molecule has 4 N–H and O–H groups in total. The van der Waals surface area contributed by atoms with Crippen molar-refractivity contribution in [3.8, 4) is 0 Å². The first kappa shape index (κ1) is 11.9. The van der Waals surface area contributed by atoms with E-state index in [1.807, 2.05) is 0 Å². The standard InChI is InChI=1S/C9H13N5O2/c1-9(2,8(10)14-16)13-7(15)6-5-11-3-4-12-6/h3-5,16H,1-2H3,(H2,10,14)(H,13,15). The molecule has 0 spiro atoms. The molecule has 1 heterocycles. The van der Waals surface area contributed by atoms with E-state index in [0.29, 0.717) is 0 Å². The number of oxime groups is 1. The smallest absolute Gasteiger partial charge is 0.272 e. The lowest BCUT2D eigenvalue weighted by molar-refractivity contribution is 0.0925. The molecule has 0 aliphatic rings. The lowest BCUT2D eigenvalue weighted by Crippen LogP contribution is -2.53. The van der Waals surface area contributed by atoms with Crippen molar-refractivity contribution in [1.29, 1.82) is 0 Å². The molecule has 0 radical (unpaired) electrons. The molecule has 1 aromatic heterocycles. The van der Waals surface area contributed by atoms with Gasteiger partial charge in [-0.2, -0.15) is 0 Å². The molecule has 0 saturated carbocycles. The number of carbonyl (C=O) groups excluding carboxylic acids is 1. The molecule has 86 valence electrons. The van der Waals surface area contributed by atoms with Crippen LogP contribution in [0.4, 0.5) is 0 Å². The van der Waals surface area contributed by atoms with Crippen molar-refractivity contribution in [2.24, 2.45) is 10.9 Å². The van der Waals surface area contributed by atoms with Crippen LogP contribution in [0, 0.1) is 0 Å². The lowest BCUT2D eigenvalue weighted by atomic mass is 10.0. The van der Waals surface area contributed by atoms with Crippen LogP contribution in [0.15, 0.2) is 23.7 Å². The van der Waals surface area contributed by atoms with E-state index in [1.54, 1.807) is 13.8 Å². The van der Waals surface area contributed by atoms with Gasteiger partial charge < -0.3 is 16.3 Å². The van der Waals surface area contributed by atoms with E-state index in [1.165, 1.54) is 18.6 Å². The number of amidine groups is 1. The number of aromatic nitrogens is 2. The van der Waals surface area contributed by atoms with Gasteiger partial charge in [-0.05, 0) is 13.8 Å². The molecule has 1 amide bonds. The van der Waals surface area contributed by atoms with Gasteiger partial charge in [-0.25, -0.2) is 4.98 Å². The summed E-state index contributed by atoms with van der Waals surface area (Å²) in [7, 11) is 0. The zero-order valence-electron chi connectivity index (χ0n) is 9.01. The Hall–Kier alpha value is -2.18. The molecule has 7 heteroatoms. The summed E-state index contributed by atoms with van der Waals surface area (Å²) in [6, 6.07) is 0. The Labute approximate surface area is 92.4 Å². The summed E-state index contributed by atoms with van der Waals surface area (Å²) in [5.41, 5.74) is 4.64. The maximum Gasteiger partial charge on any atom is 0.272 e. The fourth-order valence-corrected chi connectivity index (χ4v) is 0.953. The monoisotopic (exact) mass is 223 g/mol. The Morgan fingerprint density at radius 1 is 1.56 bits per heavy atom. The molecular formula is C9H13N5O2. The van der Waals surface area contributed by atoms with Crippen LogP contribution in [0.25, 0.3) is 0 Å². The fraction of sp³-hybridized carbons (Fsp3) is 0.333. The van der Waals surface area contributed by atoms with Crippen molar-refractivity contribution >= 4 is 11.7 Å². The van der Waals surface area contributed by atoms with Crippen molar-refractivity contribution in [2.45, 2.75) is 19.4 Å². The molecule has 0 bridgehead atoms. The van der Waals surface area contributed by atoms with Crippen LogP contribution in [0.1, 0.15) is 24.3 Å². The zero-order chi connectivity index (χ0) is 12.2. The van der Waals surface area contributed by atoms with Gasteiger partial charge in [0.05, 0.1) is 11.7 Å². The summed E-state index contributed by atoms with van der Waals surface area (Å²) in [6.45, 7) is 3.21. The Kier molecular flexibility index (Phi) is 3.39. The maximum absolute atomic E-state index is 11.7. The summed E-state index contributed by atoms with van der Waals surface area (Å²) in [5, 5.41) is 14.0. The summed E-state index contributed by atoms with van der Waals surface area (Å²) in [4.78, 5) is 19.3. The van der Waals surface area contributed by atoms with Crippen LogP contribution in [0.3, 0.4) is 0 Å². The van der Waals surface area contributed by atoms with Crippen LogP contribution >= 0.6 is 0 Å². The minimum atomic E-state index is -0.955. The molecular weight excluding hydrogens is 210 g/mol. The highest BCUT2D eigenvalue weighted by Gasteiger charge is 2.26. The van der Waals surface area contributed by atoms with Gasteiger partial charge in [0, 0.05) is 12.4 Å². The predicted octanol–water partition coefficient (Wildman–Crippen LogP) is -0.269. The summed E-state index contributed by atoms with van der Waals surface area (Å²) < 4.78 is 0. The average Bonchev–Trinajstić information content (AvgIpc) is 2.28. The van der Waals surface area contributed by atoms with E-state index < -0.39 is 11.4 Å². The number of hydrogen-bond donors (Lipinski definition) is 3. The first-order valence-electron chi connectivity index (χ1n) is 4.54. The third-order valence-electron chi connectivity index (χ3n) is 1.97. The molecule has 1 aromatic rings. The number of rotatable bonds is 3. The SMILES string of the molecule is CC(C)(NC(=O)c1cnccn1)C(N)=NO. The molecule has 0 aromatic carbocycles. The number of nitrogens with two attached hydrogens (primary N) is 1. The van der Waals surface area contributed by atoms with E-state index in [9.17, 15) is 4.79 Å². The molecule has 0 saturated heterocycles. The zero-order valence-corrected chi connectivity index (χ0v) is 9.01. The Morgan fingerprint density at radius 3 is 2.75 bits per heavy atom.